The molecule has 0 radical (unpaired) electrons. The Kier molecular flexibility index (Phi) is 3.59. The normalized spacial score (nSPS) is 34.9. The van der Waals surface area contributed by atoms with E-state index in [9.17, 15) is 14.9 Å². The van der Waals surface area contributed by atoms with Crippen LogP contribution in [0, 0.1) is 16.7 Å². The van der Waals surface area contributed by atoms with E-state index in [-0.39, 0.29) is 31.1 Å². The molecule has 29 heavy (non-hydrogen) atoms. The van der Waals surface area contributed by atoms with Crippen LogP contribution in [0.2, 0.25) is 0 Å². The van der Waals surface area contributed by atoms with Gasteiger partial charge in [0.15, 0.2) is 16.4 Å². The standard InChI is InChI=1S/C21H23N3O4S/c1-19(2)17(25)24-16(12-4-7-14-15(8-12)28-11-27-14)20(3,10-22)9-21(24,29)18(26)23(19)13-5-6-13/h4,7-8,13,16,29H,5-6,9,11H2,1-3H3/t16-,20+,21-/m0/s1. The minimum absolute atomic E-state index is 0.0746. The molecule has 3 atom stereocenters. The summed E-state index contributed by atoms with van der Waals surface area (Å²) in [5, 5.41) is 10.1. The van der Waals surface area contributed by atoms with E-state index in [1.54, 1.807) is 42.7 Å². The molecule has 8 heteroatoms. The van der Waals surface area contributed by atoms with Gasteiger partial charge in [-0.3, -0.25) is 9.59 Å². The van der Waals surface area contributed by atoms with Crippen molar-refractivity contribution in [2.45, 2.75) is 62.5 Å². The molecular formula is C21H23N3O4S. The van der Waals surface area contributed by atoms with E-state index in [1.807, 2.05) is 6.07 Å². The van der Waals surface area contributed by atoms with Crippen LogP contribution in [0.25, 0.3) is 0 Å². The summed E-state index contributed by atoms with van der Waals surface area (Å²) in [5.74, 6) is 0.844. The fourth-order valence-electron chi connectivity index (χ4n) is 5.16. The van der Waals surface area contributed by atoms with Crippen molar-refractivity contribution in [3.05, 3.63) is 23.8 Å². The minimum Gasteiger partial charge on any atom is -0.454 e. The number of carbonyl (C=O) groups excluding carboxylic acids is 2. The predicted molar refractivity (Wildman–Crippen MR) is 106 cm³/mol. The second-order valence-electron chi connectivity index (χ2n) is 9.18. The van der Waals surface area contributed by atoms with Crippen molar-refractivity contribution in [1.82, 2.24) is 9.80 Å². The van der Waals surface area contributed by atoms with Gasteiger partial charge in [-0.15, -0.1) is 12.6 Å². The molecule has 3 aliphatic heterocycles. The first-order valence-electron chi connectivity index (χ1n) is 9.84. The summed E-state index contributed by atoms with van der Waals surface area (Å²) in [7, 11) is 0. The van der Waals surface area contributed by atoms with E-state index in [0.717, 1.165) is 18.4 Å². The van der Waals surface area contributed by atoms with Crippen LogP contribution < -0.4 is 9.47 Å². The quantitative estimate of drug-likeness (QED) is 0.754. The number of rotatable bonds is 2. The molecule has 3 heterocycles. The van der Waals surface area contributed by atoms with Crippen LogP contribution in [-0.4, -0.2) is 44.9 Å². The average Bonchev–Trinajstić information content (AvgIpc) is 3.31. The average molecular weight is 413 g/mol. The number of ether oxygens (including phenoxy) is 2. The van der Waals surface area contributed by atoms with Crippen LogP contribution >= 0.6 is 12.6 Å². The zero-order valence-electron chi connectivity index (χ0n) is 16.6. The molecule has 1 saturated carbocycles. The summed E-state index contributed by atoms with van der Waals surface area (Å²) in [6, 6.07) is 7.27. The maximum Gasteiger partial charge on any atom is 0.260 e. The SMILES string of the molecule is CC1(C)C(=O)N2[C@@H](c3ccc4c(c3)OCO4)[C@@](C)(C#N)C[C@]2(S)C(=O)N1C1CC1. The van der Waals surface area contributed by atoms with Crippen molar-refractivity contribution in [3.8, 4) is 17.6 Å². The number of nitrogens with zero attached hydrogens (tertiary/aromatic N) is 3. The summed E-state index contributed by atoms with van der Waals surface area (Å²) in [4.78, 5) is 29.3. The molecule has 0 N–H and O–H groups in total. The van der Waals surface area contributed by atoms with Gasteiger partial charge in [-0.05, 0) is 51.3 Å². The van der Waals surface area contributed by atoms with Crippen molar-refractivity contribution < 1.29 is 19.1 Å². The molecule has 2 amide bonds. The summed E-state index contributed by atoms with van der Waals surface area (Å²) in [5.41, 5.74) is -1.22. The maximum absolute atomic E-state index is 13.8. The number of amides is 2. The smallest absolute Gasteiger partial charge is 0.260 e. The third-order valence-corrected chi connectivity index (χ3v) is 7.22. The highest BCUT2D eigenvalue weighted by Crippen LogP contribution is 2.60. The molecule has 1 aromatic carbocycles. The number of benzene rings is 1. The Labute approximate surface area is 174 Å². The summed E-state index contributed by atoms with van der Waals surface area (Å²) >= 11 is 4.79. The molecule has 3 fully saturated rings. The largest absolute Gasteiger partial charge is 0.454 e. The Hall–Kier alpha value is -2.40. The molecule has 0 aromatic heterocycles. The van der Waals surface area contributed by atoms with Crippen LogP contribution in [0.5, 0.6) is 11.5 Å². The number of thiol groups is 1. The van der Waals surface area contributed by atoms with Gasteiger partial charge in [0.25, 0.3) is 5.91 Å². The second kappa shape index (κ2) is 5.60. The molecule has 0 bridgehead atoms. The first-order chi connectivity index (χ1) is 13.6. The highest BCUT2D eigenvalue weighted by Gasteiger charge is 2.70. The Bertz CT molecular complexity index is 985. The lowest BCUT2D eigenvalue weighted by atomic mass is 9.79. The van der Waals surface area contributed by atoms with Crippen LogP contribution in [0.3, 0.4) is 0 Å². The number of carbonyl (C=O) groups is 2. The van der Waals surface area contributed by atoms with Crippen molar-refractivity contribution in [2.75, 3.05) is 6.79 Å². The third kappa shape index (κ3) is 2.31. The maximum atomic E-state index is 13.8. The Morgan fingerprint density at radius 1 is 1.10 bits per heavy atom. The number of fused-ring (bicyclic) bond motifs is 2. The Morgan fingerprint density at radius 2 is 1.79 bits per heavy atom. The molecular weight excluding hydrogens is 390 g/mol. The number of hydrogen-bond donors (Lipinski definition) is 1. The van der Waals surface area contributed by atoms with Crippen LogP contribution in [-0.2, 0) is 9.59 Å². The lowest BCUT2D eigenvalue weighted by Gasteiger charge is -2.52. The van der Waals surface area contributed by atoms with Crippen molar-refractivity contribution in [2.24, 2.45) is 5.41 Å². The first-order valence-corrected chi connectivity index (χ1v) is 10.3. The molecule has 0 spiro atoms. The zero-order valence-corrected chi connectivity index (χ0v) is 17.5. The van der Waals surface area contributed by atoms with Crippen LogP contribution in [0.15, 0.2) is 18.2 Å². The molecule has 5 rings (SSSR count). The van der Waals surface area contributed by atoms with E-state index in [0.29, 0.717) is 11.5 Å². The van der Waals surface area contributed by atoms with Crippen molar-refractivity contribution in [1.29, 1.82) is 5.26 Å². The van der Waals surface area contributed by atoms with E-state index in [2.05, 4.69) is 6.07 Å². The van der Waals surface area contributed by atoms with Crippen molar-refractivity contribution >= 4 is 24.4 Å². The molecule has 7 nitrogen and oxygen atoms in total. The van der Waals surface area contributed by atoms with Crippen LogP contribution in [0.1, 0.15) is 51.6 Å². The van der Waals surface area contributed by atoms with Gasteiger partial charge in [0, 0.05) is 12.5 Å². The van der Waals surface area contributed by atoms with E-state index >= 15 is 0 Å². The fraction of sp³-hybridized carbons (Fsp3) is 0.571. The minimum atomic E-state index is -1.35. The predicted octanol–water partition coefficient (Wildman–Crippen LogP) is 2.63. The molecule has 0 unspecified atom stereocenters. The topological polar surface area (TPSA) is 82.9 Å². The monoisotopic (exact) mass is 413 g/mol. The second-order valence-corrected chi connectivity index (χ2v) is 9.92. The van der Waals surface area contributed by atoms with Gasteiger partial charge in [0.2, 0.25) is 12.7 Å². The number of nitriles is 1. The van der Waals surface area contributed by atoms with Gasteiger partial charge in [-0.2, -0.15) is 5.26 Å². The summed E-state index contributed by atoms with van der Waals surface area (Å²) in [6.45, 7) is 5.52. The highest BCUT2D eigenvalue weighted by molar-refractivity contribution is 7.82. The van der Waals surface area contributed by atoms with Crippen LogP contribution in [0.4, 0.5) is 0 Å². The van der Waals surface area contributed by atoms with Crippen molar-refractivity contribution in [3.63, 3.8) is 0 Å². The van der Waals surface area contributed by atoms with Gasteiger partial charge in [0.05, 0.1) is 17.5 Å². The van der Waals surface area contributed by atoms with Gasteiger partial charge in [-0.25, -0.2) is 0 Å². The van der Waals surface area contributed by atoms with Gasteiger partial charge in [0.1, 0.15) is 5.54 Å². The molecule has 4 aliphatic rings. The number of piperazine rings is 1. The summed E-state index contributed by atoms with van der Waals surface area (Å²) in [6.07, 6.45) is 1.96. The Morgan fingerprint density at radius 3 is 2.45 bits per heavy atom. The fourth-order valence-corrected chi connectivity index (χ4v) is 5.80. The number of hydrogen-bond acceptors (Lipinski definition) is 6. The van der Waals surface area contributed by atoms with E-state index in [1.165, 1.54) is 0 Å². The summed E-state index contributed by atoms with van der Waals surface area (Å²) < 4.78 is 10.9. The van der Waals surface area contributed by atoms with Gasteiger partial charge < -0.3 is 19.3 Å². The van der Waals surface area contributed by atoms with Gasteiger partial charge in [-0.1, -0.05) is 6.07 Å². The van der Waals surface area contributed by atoms with Gasteiger partial charge >= 0.3 is 0 Å². The lowest BCUT2D eigenvalue weighted by molar-refractivity contribution is -0.171. The Balaban J connectivity index is 1.67. The zero-order chi connectivity index (χ0) is 20.8. The lowest BCUT2D eigenvalue weighted by Crippen LogP contribution is -2.72. The highest BCUT2D eigenvalue weighted by atomic mass is 32.1. The molecule has 1 aromatic rings. The third-order valence-electron chi connectivity index (χ3n) is 6.66. The first kappa shape index (κ1) is 18.6. The molecule has 1 aliphatic carbocycles. The van der Waals surface area contributed by atoms with E-state index in [4.69, 9.17) is 22.1 Å². The molecule has 2 saturated heterocycles. The van der Waals surface area contributed by atoms with E-state index < -0.39 is 21.9 Å². The molecule has 152 valence electrons.